The van der Waals surface area contributed by atoms with Gasteiger partial charge in [-0.2, -0.15) is 0 Å². The van der Waals surface area contributed by atoms with Crippen LogP contribution in [0.4, 0.5) is 0 Å². The van der Waals surface area contributed by atoms with Crippen LogP contribution in [0.15, 0.2) is 22.8 Å². The number of carbonyl (C=O) groups excluding carboxylic acids is 1. The fraction of sp³-hybridized carbons (Fsp3) is 0.500. The molecule has 1 aliphatic heterocycles. The van der Waals surface area contributed by atoms with Gasteiger partial charge in [-0.3, -0.25) is 4.79 Å². The second-order valence-electron chi connectivity index (χ2n) is 6.47. The number of hydrogen-bond donors (Lipinski definition) is 2. The number of furan rings is 1. The van der Waals surface area contributed by atoms with E-state index in [2.05, 4.69) is 43.5 Å². The number of nitrogens with one attached hydrogen (secondary N) is 2. The summed E-state index contributed by atoms with van der Waals surface area (Å²) in [6, 6.07) is 4.36. The van der Waals surface area contributed by atoms with Gasteiger partial charge in [0.25, 0.3) is 0 Å². The number of rotatable bonds is 3. The summed E-state index contributed by atoms with van der Waals surface area (Å²) in [5, 5.41) is 7.54. The standard InChI is InChI=1S/C18H24N2O2.ClH/c1-11-4-5-15-14(10-22-18(15)13(11)3)8-17(21)20-16-9-19-7-6-12(16)2;/h4-5,10,12,16,19H,6-9H2,1-3H3,(H,20,21);1H. The normalized spacial score (nSPS) is 21.0. The monoisotopic (exact) mass is 336 g/mol. The molecule has 0 bridgehead atoms. The molecule has 0 radical (unpaired) electrons. The van der Waals surface area contributed by atoms with Crippen molar-refractivity contribution in [3.05, 3.63) is 35.1 Å². The van der Waals surface area contributed by atoms with Crippen LogP contribution in [0.3, 0.4) is 0 Å². The van der Waals surface area contributed by atoms with Crippen LogP contribution in [0.1, 0.15) is 30.0 Å². The van der Waals surface area contributed by atoms with Gasteiger partial charge in [-0.25, -0.2) is 0 Å². The van der Waals surface area contributed by atoms with E-state index in [0.29, 0.717) is 12.3 Å². The molecule has 0 spiro atoms. The molecule has 4 nitrogen and oxygen atoms in total. The van der Waals surface area contributed by atoms with Crippen LogP contribution in [0.2, 0.25) is 0 Å². The highest BCUT2D eigenvalue weighted by Crippen LogP contribution is 2.26. The van der Waals surface area contributed by atoms with E-state index in [0.717, 1.165) is 41.6 Å². The molecule has 1 aliphatic rings. The number of halogens is 1. The first-order chi connectivity index (χ1) is 10.6. The molecule has 1 fully saturated rings. The summed E-state index contributed by atoms with van der Waals surface area (Å²) in [6.07, 6.45) is 3.20. The SMILES string of the molecule is Cc1ccc2c(CC(=O)NC3CNCCC3C)coc2c1C.Cl. The van der Waals surface area contributed by atoms with Gasteiger partial charge in [-0.15, -0.1) is 12.4 Å². The molecule has 2 N–H and O–H groups in total. The maximum Gasteiger partial charge on any atom is 0.224 e. The van der Waals surface area contributed by atoms with Crippen molar-refractivity contribution in [1.29, 1.82) is 0 Å². The van der Waals surface area contributed by atoms with Gasteiger partial charge < -0.3 is 15.1 Å². The third kappa shape index (κ3) is 3.70. The molecule has 23 heavy (non-hydrogen) atoms. The molecule has 3 rings (SSSR count). The Bertz CT molecular complexity index is 696. The number of hydrogen-bond acceptors (Lipinski definition) is 3. The maximum atomic E-state index is 12.3. The van der Waals surface area contributed by atoms with Gasteiger partial charge in [0.1, 0.15) is 5.58 Å². The molecule has 0 aliphatic carbocycles. The third-order valence-electron chi connectivity index (χ3n) is 4.87. The average molecular weight is 337 g/mol. The summed E-state index contributed by atoms with van der Waals surface area (Å²) in [5.74, 6) is 0.595. The summed E-state index contributed by atoms with van der Waals surface area (Å²) in [7, 11) is 0. The first kappa shape index (κ1) is 17.8. The molecule has 126 valence electrons. The fourth-order valence-corrected chi connectivity index (χ4v) is 3.14. The lowest BCUT2D eigenvalue weighted by molar-refractivity contribution is -0.121. The lowest BCUT2D eigenvalue weighted by atomic mass is 9.94. The zero-order chi connectivity index (χ0) is 15.7. The Morgan fingerprint density at radius 3 is 2.91 bits per heavy atom. The van der Waals surface area contributed by atoms with E-state index >= 15 is 0 Å². The molecular formula is C18H25ClN2O2. The smallest absolute Gasteiger partial charge is 0.224 e. The summed E-state index contributed by atoms with van der Waals surface area (Å²) in [6.45, 7) is 8.22. The van der Waals surface area contributed by atoms with Gasteiger partial charge in [0.05, 0.1) is 12.7 Å². The minimum absolute atomic E-state index is 0. The average Bonchev–Trinajstić information content (AvgIpc) is 2.89. The van der Waals surface area contributed by atoms with Gasteiger partial charge in [-0.1, -0.05) is 19.1 Å². The van der Waals surface area contributed by atoms with Crippen LogP contribution in [0, 0.1) is 19.8 Å². The molecule has 2 unspecified atom stereocenters. The first-order valence-electron chi connectivity index (χ1n) is 8.02. The molecule has 1 saturated heterocycles. The number of piperidine rings is 1. The quantitative estimate of drug-likeness (QED) is 0.905. The van der Waals surface area contributed by atoms with Gasteiger partial charge in [0, 0.05) is 23.5 Å². The van der Waals surface area contributed by atoms with Crippen molar-refractivity contribution in [2.24, 2.45) is 5.92 Å². The molecule has 5 heteroatoms. The highest BCUT2D eigenvalue weighted by atomic mass is 35.5. The van der Waals surface area contributed by atoms with E-state index < -0.39 is 0 Å². The van der Waals surface area contributed by atoms with Crippen LogP contribution in [0.5, 0.6) is 0 Å². The summed E-state index contributed by atoms with van der Waals surface area (Å²) >= 11 is 0. The molecule has 0 saturated carbocycles. The minimum Gasteiger partial charge on any atom is -0.464 e. The Kier molecular flexibility index (Phi) is 5.71. The van der Waals surface area contributed by atoms with Crippen molar-refractivity contribution in [3.63, 3.8) is 0 Å². The summed E-state index contributed by atoms with van der Waals surface area (Å²) in [5.41, 5.74) is 4.22. The predicted molar refractivity (Wildman–Crippen MR) is 95.2 cm³/mol. The Morgan fingerprint density at radius 1 is 1.39 bits per heavy atom. The van der Waals surface area contributed by atoms with Crippen molar-refractivity contribution >= 4 is 29.3 Å². The zero-order valence-corrected chi connectivity index (χ0v) is 14.8. The molecule has 2 aromatic rings. The van der Waals surface area contributed by atoms with Crippen LogP contribution < -0.4 is 10.6 Å². The van der Waals surface area contributed by atoms with Crippen molar-refractivity contribution in [2.75, 3.05) is 13.1 Å². The fourth-order valence-electron chi connectivity index (χ4n) is 3.14. The first-order valence-corrected chi connectivity index (χ1v) is 8.02. The number of aryl methyl sites for hydroxylation is 2. The molecular weight excluding hydrogens is 312 g/mol. The second kappa shape index (κ2) is 7.37. The Labute approximate surface area is 143 Å². The van der Waals surface area contributed by atoms with Gasteiger partial charge in [0.2, 0.25) is 5.91 Å². The highest BCUT2D eigenvalue weighted by Gasteiger charge is 2.23. The Balaban J connectivity index is 0.00000192. The summed E-state index contributed by atoms with van der Waals surface area (Å²) < 4.78 is 5.68. The number of fused-ring (bicyclic) bond motifs is 1. The van der Waals surface area contributed by atoms with Crippen molar-refractivity contribution < 1.29 is 9.21 Å². The number of amides is 1. The lowest BCUT2D eigenvalue weighted by Crippen LogP contribution is -2.50. The van der Waals surface area contributed by atoms with Gasteiger partial charge in [-0.05, 0) is 43.9 Å². The van der Waals surface area contributed by atoms with E-state index in [9.17, 15) is 4.79 Å². The van der Waals surface area contributed by atoms with Crippen molar-refractivity contribution in [3.8, 4) is 0 Å². The van der Waals surface area contributed by atoms with E-state index in [1.165, 1.54) is 5.56 Å². The van der Waals surface area contributed by atoms with E-state index in [1.54, 1.807) is 6.26 Å². The second-order valence-corrected chi connectivity index (χ2v) is 6.47. The molecule has 2 atom stereocenters. The van der Waals surface area contributed by atoms with Gasteiger partial charge in [0.15, 0.2) is 0 Å². The third-order valence-corrected chi connectivity index (χ3v) is 4.87. The topological polar surface area (TPSA) is 54.3 Å². The van der Waals surface area contributed by atoms with Gasteiger partial charge >= 0.3 is 0 Å². The van der Waals surface area contributed by atoms with Crippen LogP contribution >= 0.6 is 12.4 Å². The van der Waals surface area contributed by atoms with Crippen molar-refractivity contribution in [2.45, 2.75) is 39.7 Å². The van der Waals surface area contributed by atoms with Crippen molar-refractivity contribution in [1.82, 2.24) is 10.6 Å². The van der Waals surface area contributed by atoms with Crippen LogP contribution in [-0.2, 0) is 11.2 Å². The maximum absolute atomic E-state index is 12.3. The zero-order valence-electron chi connectivity index (χ0n) is 13.9. The number of carbonyl (C=O) groups is 1. The predicted octanol–water partition coefficient (Wildman–Crippen LogP) is 3.13. The minimum atomic E-state index is 0. The Hall–Kier alpha value is -1.52. The van der Waals surface area contributed by atoms with E-state index in [-0.39, 0.29) is 24.4 Å². The largest absolute Gasteiger partial charge is 0.464 e. The Morgan fingerprint density at radius 2 is 2.17 bits per heavy atom. The molecule has 1 aromatic heterocycles. The van der Waals surface area contributed by atoms with Crippen LogP contribution in [0.25, 0.3) is 11.0 Å². The van der Waals surface area contributed by atoms with E-state index in [1.807, 2.05) is 0 Å². The van der Waals surface area contributed by atoms with Crippen LogP contribution in [-0.4, -0.2) is 25.0 Å². The molecule has 1 aromatic carbocycles. The number of benzene rings is 1. The van der Waals surface area contributed by atoms with E-state index in [4.69, 9.17) is 4.42 Å². The lowest BCUT2D eigenvalue weighted by Gasteiger charge is -2.30. The molecule has 2 heterocycles. The summed E-state index contributed by atoms with van der Waals surface area (Å²) in [4.78, 5) is 12.3. The molecule has 1 amide bonds. The highest BCUT2D eigenvalue weighted by molar-refractivity contribution is 5.89.